The van der Waals surface area contributed by atoms with Crippen molar-refractivity contribution in [3.8, 4) is 5.75 Å². The van der Waals surface area contributed by atoms with Crippen molar-refractivity contribution >= 4 is 17.5 Å². The summed E-state index contributed by atoms with van der Waals surface area (Å²) in [5, 5.41) is 0.661. The van der Waals surface area contributed by atoms with E-state index in [1.165, 1.54) is 0 Å². The Labute approximate surface area is 138 Å². The van der Waals surface area contributed by atoms with E-state index in [1.54, 1.807) is 24.3 Å². The summed E-state index contributed by atoms with van der Waals surface area (Å²) in [7, 11) is 0. The summed E-state index contributed by atoms with van der Waals surface area (Å²) < 4.78 is 5.52. The zero-order valence-electron chi connectivity index (χ0n) is 13.6. The summed E-state index contributed by atoms with van der Waals surface area (Å²) in [5.74, 6) is 0.717. The van der Waals surface area contributed by atoms with E-state index >= 15 is 0 Å². The van der Waals surface area contributed by atoms with Crippen LogP contribution < -0.4 is 4.74 Å². The third kappa shape index (κ3) is 5.50. The standard InChI is InChI=1S/C17H25ClN2O2/c1-17(2,3)13-19-8-10-20(11-9-19)16(21)12-22-15-6-4-14(18)5-7-15/h4-7H,8-13H2,1-3H3. The van der Waals surface area contributed by atoms with E-state index in [0.29, 0.717) is 16.2 Å². The zero-order chi connectivity index (χ0) is 16.2. The highest BCUT2D eigenvalue weighted by atomic mass is 35.5. The number of carbonyl (C=O) groups excluding carboxylic acids is 1. The van der Waals surface area contributed by atoms with Crippen LogP contribution in [0.2, 0.25) is 5.02 Å². The van der Waals surface area contributed by atoms with Crippen molar-refractivity contribution < 1.29 is 9.53 Å². The first-order valence-corrected chi connectivity index (χ1v) is 8.10. The Morgan fingerprint density at radius 2 is 1.73 bits per heavy atom. The molecule has 1 aliphatic rings. The van der Waals surface area contributed by atoms with Crippen LogP contribution in [0.15, 0.2) is 24.3 Å². The molecule has 1 fully saturated rings. The summed E-state index contributed by atoms with van der Waals surface area (Å²) >= 11 is 5.82. The lowest BCUT2D eigenvalue weighted by molar-refractivity contribution is -0.135. The fourth-order valence-electron chi connectivity index (χ4n) is 2.59. The zero-order valence-corrected chi connectivity index (χ0v) is 14.4. The largest absolute Gasteiger partial charge is 0.484 e. The van der Waals surface area contributed by atoms with Crippen molar-refractivity contribution in [3.63, 3.8) is 0 Å². The van der Waals surface area contributed by atoms with Gasteiger partial charge < -0.3 is 9.64 Å². The molecule has 0 aromatic heterocycles. The molecule has 1 aromatic carbocycles. The van der Waals surface area contributed by atoms with E-state index in [0.717, 1.165) is 32.7 Å². The van der Waals surface area contributed by atoms with Gasteiger partial charge in [0.2, 0.25) is 0 Å². The van der Waals surface area contributed by atoms with Gasteiger partial charge in [-0.3, -0.25) is 9.69 Å². The fourth-order valence-corrected chi connectivity index (χ4v) is 2.72. The summed E-state index contributed by atoms with van der Waals surface area (Å²) in [6, 6.07) is 7.06. The molecule has 1 aliphatic heterocycles. The van der Waals surface area contributed by atoms with Crippen LogP contribution in [-0.4, -0.2) is 55.0 Å². The predicted octanol–water partition coefficient (Wildman–Crippen LogP) is 2.91. The molecule has 0 unspecified atom stereocenters. The van der Waals surface area contributed by atoms with Gasteiger partial charge in [-0.15, -0.1) is 0 Å². The summed E-state index contributed by atoms with van der Waals surface area (Å²) in [4.78, 5) is 16.5. The molecule has 22 heavy (non-hydrogen) atoms. The van der Waals surface area contributed by atoms with Crippen molar-refractivity contribution in [1.29, 1.82) is 0 Å². The molecule has 0 aliphatic carbocycles. The maximum Gasteiger partial charge on any atom is 0.260 e. The number of amides is 1. The van der Waals surface area contributed by atoms with Gasteiger partial charge in [0, 0.05) is 37.7 Å². The number of halogens is 1. The van der Waals surface area contributed by atoms with Crippen LogP contribution in [0, 0.1) is 5.41 Å². The van der Waals surface area contributed by atoms with Gasteiger partial charge in [-0.25, -0.2) is 0 Å². The highest BCUT2D eigenvalue weighted by Crippen LogP contribution is 2.17. The molecule has 5 heteroatoms. The summed E-state index contributed by atoms with van der Waals surface area (Å²) in [5.41, 5.74) is 0.296. The SMILES string of the molecule is CC(C)(C)CN1CCN(C(=O)COc2ccc(Cl)cc2)CC1. The first-order chi connectivity index (χ1) is 10.3. The van der Waals surface area contributed by atoms with Crippen LogP contribution in [-0.2, 0) is 4.79 Å². The van der Waals surface area contributed by atoms with E-state index in [-0.39, 0.29) is 12.5 Å². The molecule has 4 nitrogen and oxygen atoms in total. The Morgan fingerprint density at radius 3 is 2.27 bits per heavy atom. The van der Waals surface area contributed by atoms with E-state index in [2.05, 4.69) is 25.7 Å². The van der Waals surface area contributed by atoms with Crippen molar-refractivity contribution in [3.05, 3.63) is 29.3 Å². The van der Waals surface area contributed by atoms with Crippen molar-refractivity contribution in [2.45, 2.75) is 20.8 Å². The van der Waals surface area contributed by atoms with Gasteiger partial charge in [-0.2, -0.15) is 0 Å². The van der Waals surface area contributed by atoms with E-state index in [1.807, 2.05) is 4.90 Å². The first-order valence-electron chi connectivity index (χ1n) is 7.72. The van der Waals surface area contributed by atoms with E-state index in [9.17, 15) is 4.79 Å². The molecule has 1 aromatic rings. The maximum atomic E-state index is 12.2. The minimum Gasteiger partial charge on any atom is -0.484 e. The number of ether oxygens (including phenoxy) is 1. The molecule has 2 rings (SSSR count). The average Bonchev–Trinajstić information content (AvgIpc) is 2.45. The van der Waals surface area contributed by atoms with Crippen LogP contribution in [0.3, 0.4) is 0 Å². The molecule has 0 saturated carbocycles. The minimum absolute atomic E-state index is 0.0466. The van der Waals surface area contributed by atoms with Crippen molar-refractivity contribution in [1.82, 2.24) is 9.80 Å². The second kappa shape index (κ2) is 7.34. The van der Waals surface area contributed by atoms with Gasteiger partial charge >= 0.3 is 0 Å². The fraction of sp³-hybridized carbons (Fsp3) is 0.588. The van der Waals surface area contributed by atoms with Crippen LogP contribution in [0.1, 0.15) is 20.8 Å². The minimum atomic E-state index is 0.0466. The maximum absolute atomic E-state index is 12.2. The lowest BCUT2D eigenvalue weighted by atomic mass is 9.96. The topological polar surface area (TPSA) is 32.8 Å². The van der Waals surface area contributed by atoms with Gasteiger partial charge in [-0.1, -0.05) is 32.4 Å². The Hall–Kier alpha value is -1.26. The molecule has 0 atom stereocenters. The van der Waals surface area contributed by atoms with Crippen molar-refractivity contribution in [2.24, 2.45) is 5.41 Å². The Bertz CT molecular complexity index is 488. The van der Waals surface area contributed by atoms with Gasteiger partial charge in [0.25, 0.3) is 5.91 Å². The molecule has 1 amide bonds. The molecule has 0 bridgehead atoms. The highest BCUT2D eigenvalue weighted by molar-refractivity contribution is 6.30. The lowest BCUT2D eigenvalue weighted by Crippen LogP contribution is -2.51. The van der Waals surface area contributed by atoms with Gasteiger partial charge in [-0.05, 0) is 29.7 Å². The molecule has 1 heterocycles. The van der Waals surface area contributed by atoms with Crippen molar-refractivity contribution in [2.75, 3.05) is 39.3 Å². The number of hydrogen-bond donors (Lipinski definition) is 0. The van der Waals surface area contributed by atoms with Gasteiger partial charge in [0.15, 0.2) is 6.61 Å². The number of benzene rings is 1. The first kappa shape index (κ1) is 17.1. The number of hydrogen-bond acceptors (Lipinski definition) is 3. The number of carbonyl (C=O) groups is 1. The molecule has 0 N–H and O–H groups in total. The molecule has 122 valence electrons. The van der Waals surface area contributed by atoms with Crippen LogP contribution >= 0.6 is 11.6 Å². The second-order valence-corrected chi connectivity index (χ2v) is 7.40. The quantitative estimate of drug-likeness (QED) is 0.853. The molecular weight excluding hydrogens is 300 g/mol. The highest BCUT2D eigenvalue weighted by Gasteiger charge is 2.24. The van der Waals surface area contributed by atoms with Crippen LogP contribution in [0.5, 0.6) is 5.75 Å². The van der Waals surface area contributed by atoms with Crippen LogP contribution in [0.4, 0.5) is 0 Å². The van der Waals surface area contributed by atoms with E-state index < -0.39 is 0 Å². The third-order valence-corrected chi connectivity index (χ3v) is 3.85. The molecule has 1 saturated heterocycles. The number of piperazine rings is 1. The van der Waals surface area contributed by atoms with E-state index in [4.69, 9.17) is 16.3 Å². The molecular formula is C17H25ClN2O2. The Morgan fingerprint density at radius 1 is 1.14 bits per heavy atom. The lowest BCUT2D eigenvalue weighted by Gasteiger charge is -2.37. The smallest absolute Gasteiger partial charge is 0.260 e. The molecule has 0 radical (unpaired) electrons. The monoisotopic (exact) mass is 324 g/mol. The summed E-state index contributed by atoms with van der Waals surface area (Å²) in [6.45, 7) is 11.3. The third-order valence-electron chi connectivity index (χ3n) is 3.60. The normalized spacial score (nSPS) is 16.6. The molecule has 0 spiro atoms. The van der Waals surface area contributed by atoms with Gasteiger partial charge in [0.05, 0.1) is 0 Å². The number of rotatable bonds is 4. The second-order valence-electron chi connectivity index (χ2n) is 6.96. The van der Waals surface area contributed by atoms with Crippen LogP contribution in [0.25, 0.3) is 0 Å². The Kier molecular flexibility index (Phi) is 5.70. The average molecular weight is 325 g/mol. The number of nitrogens with zero attached hydrogens (tertiary/aromatic N) is 2. The Balaban J connectivity index is 1.74. The predicted molar refractivity (Wildman–Crippen MR) is 89.4 cm³/mol. The summed E-state index contributed by atoms with van der Waals surface area (Å²) in [6.07, 6.45) is 0. The van der Waals surface area contributed by atoms with Gasteiger partial charge in [0.1, 0.15) is 5.75 Å².